The van der Waals surface area contributed by atoms with Crippen LogP contribution in [0.3, 0.4) is 0 Å². The van der Waals surface area contributed by atoms with Gasteiger partial charge in [0.15, 0.2) is 0 Å². The van der Waals surface area contributed by atoms with Crippen molar-refractivity contribution >= 4 is 11.6 Å². The van der Waals surface area contributed by atoms with Crippen LogP contribution in [0.4, 0.5) is 5.69 Å². The largest absolute Gasteiger partial charge is 0.369 e. The van der Waals surface area contributed by atoms with Crippen molar-refractivity contribution < 1.29 is 4.79 Å². The first-order valence-corrected chi connectivity index (χ1v) is 8.83. The van der Waals surface area contributed by atoms with Gasteiger partial charge in [0, 0.05) is 56.3 Å². The average molecular weight is 316 g/mol. The molecule has 2 saturated heterocycles. The molecule has 0 saturated carbocycles. The monoisotopic (exact) mass is 316 g/mol. The van der Waals surface area contributed by atoms with Gasteiger partial charge in [0.1, 0.15) is 0 Å². The van der Waals surface area contributed by atoms with Gasteiger partial charge in [-0.1, -0.05) is 0 Å². The SMILES string of the molecule is Cc1cc(N2CCN(CC(=O)N3CCCCC3C)CC2)ccn1. The Kier molecular flexibility index (Phi) is 5.16. The molecular formula is C18H28N4O. The van der Waals surface area contributed by atoms with Crippen LogP contribution in [0.5, 0.6) is 0 Å². The molecule has 2 aliphatic rings. The molecule has 0 radical (unpaired) electrons. The van der Waals surface area contributed by atoms with Crippen molar-refractivity contribution in [3.8, 4) is 0 Å². The van der Waals surface area contributed by atoms with E-state index < -0.39 is 0 Å². The van der Waals surface area contributed by atoms with Crippen LogP contribution >= 0.6 is 0 Å². The zero-order chi connectivity index (χ0) is 16.2. The zero-order valence-corrected chi connectivity index (χ0v) is 14.4. The molecule has 5 heteroatoms. The van der Waals surface area contributed by atoms with Gasteiger partial charge < -0.3 is 9.80 Å². The molecule has 2 fully saturated rings. The number of piperazine rings is 1. The Balaban J connectivity index is 1.50. The normalized spacial score (nSPS) is 23.1. The lowest BCUT2D eigenvalue weighted by atomic mass is 10.0. The van der Waals surface area contributed by atoms with Gasteiger partial charge in [-0.15, -0.1) is 0 Å². The quantitative estimate of drug-likeness (QED) is 0.854. The van der Waals surface area contributed by atoms with Crippen LogP contribution in [-0.2, 0) is 4.79 Å². The summed E-state index contributed by atoms with van der Waals surface area (Å²) in [4.78, 5) is 23.6. The molecule has 1 atom stereocenters. The van der Waals surface area contributed by atoms with Crippen LogP contribution in [-0.4, -0.2) is 66.0 Å². The summed E-state index contributed by atoms with van der Waals surface area (Å²) >= 11 is 0. The molecule has 0 bridgehead atoms. The predicted molar refractivity (Wildman–Crippen MR) is 92.7 cm³/mol. The fraction of sp³-hybridized carbons (Fsp3) is 0.667. The summed E-state index contributed by atoms with van der Waals surface area (Å²) in [5.74, 6) is 0.311. The van der Waals surface area contributed by atoms with E-state index in [1.165, 1.54) is 12.1 Å². The Labute approximate surface area is 139 Å². The summed E-state index contributed by atoms with van der Waals surface area (Å²) in [5, 5.41) is 0. The number of rotatable bonds is 3. The maximum atomic E-state index is 12.5. The number of carbonyl (C=O) groups excluding carboxylic acids is 1. The van der Waals surface area contributed by atoms with E-state index >= 15 is 0 Å². The summed E-state index contributed by atoms with van der Waals surface area (Å²) in [6.07, 6.45) is 5.44. The highest BCUT2D eigenvalue weighted by Crippen LogP contribution is 2.18. The Morgan fingerprint density at radius 1 is 1.22 bits per heavy atom. The maximum Gasteiger partial charge on any atom is 0.236 e. The summed E-state index contributed by atoms with van der Waals surface area (Å²) in [5.41, 5.74) is 2.30. The third kappa shape index (κ3) is 4.02. The first kappa shape index (κ1) is 16.2. The molecule has 126 valence electrons. The van der Waals surface area contributed by atoms with E-state index in [1.54, 1.807) is 0 Å². The number of amides is 1. The van der Waals surface area contributed by atoms with E-state index in [9.17, 15) is 4.79 Å². The van der Waals surface area contributed by atoms with Crippen LogP contribution in [0.15, 0.2) is 18.3 Å². The van der Waals surface area contributed by atoms with Gasteiger partial charge in [-0.3, -0.25) is 14.7 Å². The minimum Gasteiger partial charge on any atom is -0.369 e. The van der Waals surface area contributed by atoms with Gasteiger partial charge in [-0.2, -0.15) is 0 Å². The lowest BCUT2D eigenvalue weighted by Crippen LogP contribution is -2.52. The number of piperidine rings is 1. The molecule has 0 aliphatic carbocycles. The molecule has 0 spiro atoms. The highest BCUT2D eigenvalue weighted by Gasteiger charge is 2.26. The predicted octanol–water partition coefficient (Wildman–Crippen LogP) is 1.91. The fourth-order valence-corrected chi connectivity index (χ4v) is 3.64. The Morgan fingerprint density at radius 2 is 2.00 bits per heavy atom. The fourth-order valence-electron chi connectivity index (χ4n) is 3.64. The minimum absolute atomic E-state index is 0.311. The van der Waals surface area contributed by atoms with Gasteiger partial charge in [0.25, 0.3) is 0 Å². The van der Waals surface area contributed by atoms with Crippen molar-refractivity contribution in [2.45, 2.75) is 39.2 Å². The summed E-state index contributed by atoms with van der Waals surface area (Å²) in [7, 11) is 0. The van der Waals surface area contributed by atoms with Gasteiger partial charge >= 0.3 is 0 Å². The molecule has 1 aromatic heterocycles. The Morgan fingerprint density at radius 3 is 2.70 bits per heavy atom. The molecule has 23 heavy (non-hydrogen) atoms. The first-order chi connectivity index (χ1) is 11.1. The highest BCUT2D eigenvalue weighted by atomic mass is 16.2. The van der Waals surface area contributed by atoms with Crippen molar-refractivity contribution in [1.82, 2.24) is 14.8 Å². The Hall–Kier alpha value is -1.62. The van der Waals surface area contributed by atoms with Gasteiger partial charge in [0.05, 0.1) is 6.54 Å². The van der Waals surface area contributed by atoms with Crippen LogP contribution < -0.4 is 4.90 Å². The van der Waals surface area contributed by atoms with E-state index in [0.717, 1.165) is 51.3 Å². The van der Waals surface area contributed by atoms with Crippen LogP contribution in [0.1, 0.15) is 31.9 Å². The number of pyridine rings is 1. The second kappa shape index (κ2) is 7.30. The molecule has 5 nitrogen and oxygen atoms in total. The topological polar surface area (TPSA) is 39.7 Å². The second-order valence-electron chi connectivity index (χ2n) is 6.85. The first-order valence-electron chi connectivity index (χ1n) is 8.83. The highest BCUT2D eigenvalue weighted by molar-refractivity contribution is 5.78. The maximum absolute atomic E-state index is 12.5. The van der Waals surface area contributed by atoms with Gasteiger partial charge in [0.2, 0.25) is 5.91 Å². The summed E-state index contributed by atoms with van der Waals surface area (Å²) in [6.45, 7) is 9.59. The molecule has 3 rings (SSSR count). The lowest BCUT2D eigenvalue weighted by molar-refractivity contribution is -0.135. The standard InChI is InChI=1S/C18H28N4O/c1-15-13-17(6-7-19-15)21-11-9-20(10-12-21)14-18(23)22-8-4-3-5-16(22)2/h6-7,13,16H,3-5,8-12,14H2,1-2H3. The zero-order valence-electron chi connectivity index (χ0n) is 14.4. The minimum atomic E-state index is 0.311. The molecular weight excluding hydrogens is 288 g/mol. The summed E-state index contributed by atoms with van der Waals surface area (Å²) < 4.78 is 0. The van der Waals surface area contributed by atoms with E-state index in [0.29, 0.717) is 18.5 Å². The van der Waals surface area contributed by atoms with E-state index in [4.69, 9.17) is 0 Å². The number of aromatic nitrogens is 1. The van der Waals surface area contributed by atoms with E-state index in [2.05, 4.69) is 38.7 Å². The van der Waals surface area contributed by atoms with Gasteiger partial charge in [-0.05, 0) is 45.2 Å². The van der Waals surface area contributed by atoms with Crippen molar-refractivity contribution in [2.75, 3.05) is 44.2 Å². The lowest BCUT2D eigenvalue weighted by Gasteiger charge is -2.38. The summed E-state index contributed by atoms with van der Waals surface area (Å²) in [6, 6.07) is 4.62. The number of hydrogen-bond donors (Lipinski definition) is 0. The number of nitrogens with zero attached hydrogens (tertiary/aromatic N) is 4. The Bertz CT molecular complexity index is 540. The molecule has 1 amide bonds. The number of aryl methyl sites for hydroxylation is 1. The number of carbonyl (C=O) groups is 1. The van der Waals surface area contributed by atoms with Crippen LogP contribution in [0.25, 0.3) is 0 Å². The molecule has 3 heterocycles. The molecule has 0 N–H and O–H groups in total. The van der Waals surface area contributed by atoms with Gasteiger partial charge in [-0.25, -0.2) is 0 Å². The third-order valence-corrected chi connectivity index (χ3v) is 5.10. The number of likely N-dealkylation sites (tertiary alicyclic amines) is 1. The number of hydrogen-bond acceptors (Lipinski definition) is 4. The van der Waals surface area contributed by atoms with Crippen molar-refractivity contribution in [1.29, 1.82) is 0 Å². The van der Waals surface area contributed by atoms with Crippen molar-refractivity contribution in [3.63, 3.8) is 0 Å². The van der Waals surface area contributed by atoms with Crippen molar-refractivity contribution in [3.05, 3.63) is 24.0 Å². The van der Waals surface area contributed by atoms with Crippen LogP contribution in [0, 0.1) is 6.92 Å². The van der Waals surface area contributed by atoms with Crippen molar-refractivity contribution in [2.24, 2.45) is 0 Å². The second-order valence-corrected chi connectivity index (χ2v) is 6.85. The van der Waals surface area contributed by atoms with E-state index in [1.807, 2.05) is 13.1 Å². The molecule has 0 aromatic carbocycles. The smallest absolute Gasteiger partial charge is 0.236 e. The van der Waals surface area contributed by atoms with Crippen LogP contribution in [0.2, 0.25) is 0 Å². The third-order valence-electron chi connectivity index (χ3n) is 5.10. The molecule has 2 aliphatic heterocycles. The molecule has 1 unspecified atom stereocenters. The molecule has 1 aromatic rings. The number of anilines is 1. The van der Waals surface area contributed by atoms with E-state index in [-0.39, 0.29) is 0 Å². The average Bonchev–Trinajstić information content (AvgIpc) is 2.56.